The monoisotopic (exact) mass is 356 g/mol. The molecule has 1 fully saturated rings. The van der Waals surface area contributed by atoms with Crippen LogP contribution in [0.3, 0.4) is 0 Å². The SMILES string of the molecule is COc1ccc2c(CC(=O)Nc3nc(C4CC4)cs3)cc(=O)oc2c1. The van der Waals surface area contributed by atoms with Crippen molar-refractivity contribution in [2.75, 3.05) is 12.4 Å². The quantitative estimate of drug-likeness (QED) is 0.709. The Kier molecular flexibility index (Phi) is 4.01. The van der Waals surface area contributed by atoms with Crippen LogP contribution in [0, 0.1) is 0 Å². The van der Waals surface area contributed by atoms with Crippen molar-refractivity contribution in [1.82, 2.24) is 4.98 Å². The number of ether oxygens (including phenoxy) is 1. The van der Waals surface area contributed by atoms with Gasteiger partial charge in [-0.05, 0) is 30.5 Å². The van der Waals surface area contributed by atoms with Crippen LogP contribution in [0.2, 0.25) is 0 Å². The van der Waals surface area contributed by atoms with E-state index in [1.807, 2.05) is 5.38 Å². The molecule has 0 radical (unpaired) electrons. The molecule has 1 amide bonds. The van der Waals surface area contributed by atoms with Crippen LogP contribution in [0.4, 0.5) is 5.13 Å². The van der Waals surface area contributed by atoms with Gasteiger partial charge in [0.25, 0.3) is 0 Å². The number of benzene rings is 1. The smallest absolute Gasteiger partial charge is 0.336 e. The van der Waals surface area contributed by atoms with E-state index in [-0.39, 0.29) is 12.3 Å². The average molecular weight is 356 g/mol. The van der Waals surface area contributed by atoms with Gasteiger partial charge in [-0.3, -0.25) is 4.79 Å². The number of carbonyl (C=O) groups is 1. The van der Waals surface area contributed by atoms with Crippen LogP contribution in [0.1, 0.15) is 30.0 Å². The standard InChI is InChI=1S/C18H16N2O4S/c1-23-12-4-5-13-11(7-17(22)24-15(13)8-12)6-16(21)20-18-19-14(9-25-18)10-2-3-10/h4-5,7-10H,2-3,6H2,1H3,(H,19,20,21). The van der Waals surface area contributed by atoms with Gasteiger partial charge in [-0.25, -0.2) is 9.78 Å². The lowest BCUT2D eigenvalue weighted by Gasteiger charge is -2.07. The highest BCUT2D eigenvalue weighted by Crippen LogP contribution is 2.40. The van der Waals surface area contributed by atoms with Crippen LogP contribution in [-0.4, -0.2) is 18.0 Å². The molecule has 6 nitrogen and oxygen atoms in total. The zero-order chi connectivity index (χ0) is 17.4. The molecule has 0 saturated heterocycles. The van der Waals surface area contributed by atoms with E-state index in [1.165, 1.54) is 30.2 Å². The normalized spacial score (nSPS) is 13.8. The molecule has 3 aromatic rings. The maximum atomic E-state index is 12.4. The number of nitrogens with one attached hydrogen (secondary N) is 1. The molecule has 1 aromatic carbocycles. The Labute approximate surface area is 147 Å². The summed E-state index contributed by atoms with van der Waals surface area (Å²) in [6.07, 6.45) is 2.42. The number of thiazole rings is 1. The molecular weight excluding hydrogens is 340 g/mol. The molecule has 1 aliphatic carbocycles. The third-order valence-corrected chi connectivity index (χ3v) is 4.93. The van der Waals surface area contributed by atoms with Crippen molar-refractivity contribution in [2.24, 2.45) is 0 Å². The van der Waals surface area contributed by atoms with E-state index in [4.69, 9.17) is 9.15 Å². The molecule has 1 saturated carbocycles. The molecule has 2 aromatic heterocycles. The number of fused-ring (bicyclic) bond motifs is 1. The highest BCUT2D eigenvalue weighted by molar-refractivity contribution is 7.13. The largest absolute Gasteiger partial charge is 0.497 e. The van der Waals surface area contributed by atoms with E-state index >= 15 is 0 Å². The van der Waals surface area contributed by atoms with Gasteiger partial charge >= 0.3 is 5.63 Å². The van der Waals surface area contributed by atoms with Crippen molar-refractivity contribution in [3.05, 3.63) is 51.3 Å². The second-order valence-electron chi connectivity index (χ2n) is 6.03. The zero-order valence-corrected chi connectivity index (χ0v) is 14.4. The number of amides is 1. The first-order chi connectivity index (χ1) is 12.1. The summed E-state index contributed by atoms with van der Waals surface area (Å²) in [7, 11) is 1.54. The lowest BCUT2D eigenvalue weighted by Crippen LogP contribution is -2.15. The van der Waals surface area contributed by atoms with Crippen LogP contribution in [0.25, 0.3) is 11.0 Å². The molecule has 7 heteroatoms. The fourth-order valence-corrected chi connectivity index (χ4v) is 3.54. The summed E-state index contributed by atoms with van der Waals surface area (Å²) in [6.45, 7) is 0. The lowest BCUT2D eigenvalue weighted by atomic mass is 10.1. The Morgan fingerprint density at radius 2 is 2.24 bits per heavy atom. The fraction of sp³-hybridized carbons (Fsp3) is 0.278. The molecule has 0 unspecified atom stereocenters. The number of carbonyl (C=O) groups excluding carboxylic acids is 1. The summed E-state index contributed by atoms with van der Waals surface area (Å²) in [5.74, 6) is 0.937. The Bertz CT molecular complexity index is 1000. The number of methoxy groups -OCH3 is 1. The predicted octanol–water partition coefficient (Wildman–Crippen LogP) is 3.32. The third kappa shape index (κ3) is 3.41. The van der Waals surface area contributed by atoms with Crippen molar-refractivity contribution in [1.29, 1.82) is 0 Å². The fourth-order valence-electron chi connectivity index (χ4n) is 2.73. The maximum absolute atomic E-state index is 12.4. The summed E-state index contributed by atoms with van der Waals surface area (Å²) in [5.41, 5.74) is 1.58. The minimum atomic E-state index is -0.492. The van der Waals surface area contributed by atoms with Crippen molar-refractivity contribution < 1.29 is 13.9 Å². The van der Waals surface area contributed by atoms with Gasteiger partial charge in [0.15, 0.2) is 5.13 Å². The molecule has 0 bridgehead atoms. The topological polar surface area (TPSA) is 81.4 Å². The minimum Gasteiger partial charge on any atom is -0.497 e. The second kappa shape index (κ2) is 6.33. The molecular formula is C18H16N2O4S. The van der Waals surface area contributed by atoms with Crippen molar-refractivity contribution in [2.45, 2.75) is 25.2 Å². The number of anilines is 1. The lowest BCUT2D eigenvalue weighted by molar-refractivity contribution is -0.115. The zero-order valence-electron chi connectivity index (χ0n) is 13.6. The molecule has 2 heterocycles. The summed E-state index contributed by atoms with van der Waals surface area (Å²) >= 11 is 1.43. The third-order valence-electron chi connectivity index (χ3n) is 4.15. The number of rotatable bonds is 5. The van der Waals surface area contributed by atoms with Gasteiger partial charge in [-0.2, -0.15) is 0 Å². The molecule has 0 atom stereocenters. The Balaban J connectivity index is 1.56. The first kappa shape index (κ1) is 15.8. The summed E-state index contributed by atoms with van der Waals surface area (Å²) in [5, 5.41) is 6.12. The summed E-state index contributed by atoms with van der Waals surface area (Å²) in [4.78, 5) is 28.6. The Hall–Kier alpha value is -2.67. The van der Waals surface area contributed by atoms with E-state index in [0.29, 0.717) is 33.3 Å². The predicted molar refractivity (Wildman–Crippen MR) is 95.5 cm³/mol. The van der Waals surface area contributed by atoms with Crippen molar-refractivity contribution in [3.8, 4) is 5.75 Å². The van der Waals surface area contributed by atoms with Crippen molar-refractivity contribution >= 4 is 33.3 Å². The molecule has 25 heavy (non-hydrogen) atoms. The van der Waals surface area contributed by atoms with Crippen LogP contribution in [0.15, 0.2) is 38.9 Å². The molecule has 4 rings (SSSR count). The van der Waals surface area contributed by atoms with Gasteiger partial charge in [0.1, 0.15) is 11.3 Å². The van der Waals surface area contributed by atoms with Gasteiger partial charge in [-0.15, -0.1) is 11.3 Å². The van der Waals surface area contributed by atoms with Gasteiger partial charge < -0.3 is 14.5 Å². The molecule has 0 aliphatic heterocycles. The van der Waals surface area contributed by atoms with Gasteiger partial charge in [0.05, 0.1) is 19.2 Å². The van der Waals surface area contributed by atoms with E-state index in [9.17, 15) is 9.59 Å². The minimum absolute atomic E-state index is 0.0762. The number of hydrogen-bond acceptors (Lipinski definition) is 6. The summed E-state index contributed by atoms with van der Waals surface area (Å²) in [6, 6.07) is 6.55. The van der Waals surface area contributed by atoms with E-state index < -0.39 is 5.63 Å². The summed E-state index contributed by atoms with van der Waals surface area (Å²) < 4.78 is 10.3. The van der Waals surface area contributed by atoms with Crippen LogP contribution in [0.5, 0.6) is 5.75 Å². The number of aromatic nitrogens is 1. The highest BCUT2D eigenvalue weighted by Gasteiger charge is 2.26. The highest BCUT2D eigenvalue weighted by atomic mass is 32.1. The molecule has 1 N–H and O–H groups in total. The van der Waals surface area contributed by atoms with Crippen LogP contribution < -0.4 is 15.7 Å². The first-order valence-corrected chi connectivity index (χ1v) is 8.86. The Morgan fingerprint density at radius 3 is 3.00 bits per heavy atom. The number of nitrogens with zero attached hydrogens (tertiary/aromatic N) is 1. The molecule has 0 spiro atoms. The second-order valence-corrected chi connectivity index (χ2v) is 6.89. The van der Waals surface area contributed by atoms with Gasteiger partial charge in [0, 0.05) is 28.8 Å². The van der Waals surface area contributed by atoms with E-state index in [1.54, 1.807) is 25.3 Å². The maximum Gasteiger partial charge on any atom is 0.336 e. The first-order valence-electron chi connectivity index (χ1n) is 7.98. The molecule has 1 aliphatic rings. The van der Waals surface area contributed by atoms with Crippen LogP contribution in [-0.2, 0) is 11.2 Å². The van der Waals surface area contributed by atoms with Gasteiger partial charge in [0.2, 0.25) is 5.91 Å². The van der Waals surface area contributed by atoms with Gasteiger partial charge in [-0.1, -0.05) is 0 Å². The average Bonchev–Trinajstić information content (AvgIpc) is 3.34. The Morgan fingerprint density at radius 1 is 1.40 bits per heavy atom. The van der Waals surface area contributed by atoms with E-state index in [0.717, 1.165) is 5.69 Å². The van der Waals surface area contributed by atoms with E-state index in [2.05, 4.69) is 10.3 Å². The number of hydrogen-bond donors (Lipinski definition) is 1. The van der Waals surface area contributed by atoms with Crippen LogP contribution >= 0.6 is 11.3 Å². The molecule has 128 valence electrons. The van der Waals surface area contributed by atoms with Crippen molar-refractivity contribution in [3.63, 3.8) is 0 Å².